The number of rotatable bonds is 3. The normalized spacial score (nSPS) is 18.4. The Bertz CT molecular complexity index is 384. The van der Waals surface area contributed by atoms with Crippen LogP contribution < -0.4 is 11.3 Å². The van der Waals surface area contributed by atoms with Gasteiger partial charge in [-0.15, -0.1) is 0 Å². The molecule has 0 fully saturated rings. The van der Waals surface area contributed by atoms with Crippen LogP contribution in [0.25, 0.3) is 0 Å². The van der Waals surface area contributed by atoms with E-state index in [1.54, 1.807) is 0 Å². The molecule has 0 amide bonds. The van der Waals surface area contributed by atoms with Crippen molar-refractivity contribution in [2.45, 2.75) is 38.1 Å². The van der Waals surface area contributed by atoms with Crippen molar-refractivity contribution in [1.82, 2.24) is 5.43 Å². The minimum absolute atomic E-state index is 0.168. The third-order valence-corrected chi connectivity index (χ3v) is 3.85. The fourth-order valence-electron chi connectivity index (χ4n) is 2.37. The van der Waals surface area contributed by atoms with Crippen molar-refractivity contribution in [2.24, 2.45) is 5.84 Å². The average Bonchev–Trinajstić information content (AvgIpc) is 2.62. The molecule has 0 aliphatic heterocycles. The molecule has 1 aliphatic carbocycles. The lowest BCUT2D eigenvalue weighted by molar-refractivity contribution is 0.593. The largest absolute Gasteiger partial charge is 0.271 e. The molecular weight excluding hydrogens is 276 g/mol. The summed E-state index contributed by atoms with van der Waals surface area (Å²) in [5.41, 5.74) is 5.63. The number of allylic oxidation sites excluding steroid dienone is 1. The van der Waals surface area contributed by atoms with Gasteiger partial charge in [0.05, 0.1) is 6.04 Å². The molecule has 0 spiro atoms. The van der Waals surface area contributed by atoms with Crippen LogP contribution in [0.1, 0.15) is 43.7 Å². The SMILES string of the molecule is NNC(C1=CCCCCC1)c1ccc(Br)cc1. The highest BCUT2D eigenvalue weighted by Gasteiger charge is 2.15. The predicted octanol–water partition coefficient (Wildman–Crippen LogP) is 3.84. The Morgan fingerprint density at radius 1 is 1.12 bits per heavy atom. The maximum atomic E-state index is 5.72. The van der Waals surface area contributed by atoms with Crippen molar-refractivity contribution < 1.29 is 0 Å². The van der Waals surface area contributed by atoms with Gasteiger partial charge >= 0.3 is 0 Å². The van der Waals surface area contributed by atoms with Crippen molar-refractivity contribution in [2.75, 3.05) is 0 Å². The molecule has 3 heteroatoms. The van der Waals surface area contributed by atoms with Crippen LogP contribution in [0.5, 0.6) is 0 Å². The highest BCUT2D eigenvalue weighted by Crippen LogP contribution is 2.29. The Labute approximate surface area is 111 Å². The van der Waals surface area contributed by atoms with Gasteiger partial charge < -0.3 is 0 Å². The van der Waals surface area contributed by atoms with E-state index in [-0.39, 0.29) is 6.04 Å². The van der Waals surface area contributed by atoms with Crippen molar-refractivity contribution in [3.05, 3.63) is 46.0 Å². The summed E-state index contributed by atoms with van der Waals surface area (Å²) in [6.45, 7) is 0. The van der Waals surface area contributed by atoms with E-state index in [0.29, 0.717) is 0 Å². The van der Waals surface area contributed by atoms with Crippen LogP contribution in [-0.2, 0) is 0 Å². The third kappa shape index (κ3) is 3.41. The summed E-state index contributed by atoms with van der Waals surface area (Å²) in [7, 11) is 0. The lowest BCUT2D eigenvalue weighted by Gasteiger charge is -2.19. The first-order valence-electron chi connectivity index (χ1n) is 6.22. The van der Waals surface area contributed by atoms with Crippen LogP contribution in [0.2, 0.25) is 0 Å². The molecule has 2 rings (SSSR count). The molecular formula is C14H19BrN2. The summed E-state index contributed by atoms with van der Waals surface area (Å²) in [6, 6.07) is 8.55. The van der Waals surface area contributed by atoms with Gasteiger partial charge in [-0.25, -0.2) is 5.43 Å². The molecule has 0 aromatic heterocycles. The van der Waals surface area contributed by atoms with E-state index in [2.05, 4.69) is 51.7 Å². The van der Waals surface area contributed by atoms with Gasteiger partial charge in [-0.1, -0.05) is 46.1 Å². The lowest BCUT2D eigenvalue weighted by atomic mass is 9.96. The molecule has 1 atom stereocenters. The van der Waals surface area contributed by atoms with E-state index in [9.17, 15) is 0 Å². The monoisotopic (exact) mass is 294 g/mol. The smallest absolute Gasteiger partial charge is 0.0670 e. The van der Waals surface area contributed by atoms with E-state index in [0.717, 1.165) is 10.9 Å². The summed E-state index contributed by atoms with van der Waals surface area (Å²) in [5, 5.41) is 0. The Hall–Kier alpha value is -0.640. The molecule has 92 valence electrons. The maximum absolute atomic E-state index is 5.72. The van der Waals surface area contributed by atoms with Crippen molar-refractivity contribution in [1.29, 1.82) is 0 Å². The first-order valence-corrected chi connectivity index (χ1v) is 7.01. The van der Waals surface area contributed by atoms with Crippen LogP contribution in [0.4, 0.5) is 0 Å². The average molecular weight is 295 g/mol. The Kier molecular flexibility index (Phi) is 4.77. The molecule has 3 N–H and O–H groups in total. The van der Waals surface area contributed by atoms with Crippen molar-refractivity contribution >= 4 is 15.9 Å². The number of hydrogen-bond donors (Lipinski definition) is 2. The van der Waals surface area contributed by atoms with E-state index >= 15 is 0 Å². The fourth-order valence-corrected chi connectivity index (χ4v) is 2.64. The zero-order chi connectivity index (χ0) is 12.1. The molecule has 17 heavy (non-hydrogen) atoms. The van der Waals surface area contributed by atoms with Gasteiger partial charge in [-0.05, 0) is 43.4 Å². The van der Waals surface area contributed by atoms with E-state index in [4.69, 9.17) is 5.84 Å². The molecule has 1 unspecified atom stereocenters. The third-order valence-electron chi connectivity index (χ3n) is 3.32. The van der Waals surface area contributed by atoms with Gasteiger partial charge in [-0.3, -0.25) is 5.84 Å². The van der Waals surface area contributed by atoms with Gasteiger partial charge in [0.1, 0.15) is 0 Å². The van der Waals surface area contributed by atoms with Gasteiger partial charge in [0, 0.05) is 4.47 Å². The van der Waals surface area contributed by atoms with Crippen molar-refractivity contribution in [3.63, 3.8) is 0 Å². The summed E-state index contributed by atoms with van der Waals surface area (Å²) >= 11 is 3.46. The van der Waals surface area contributed by atoms with Gasteiger partial charge in [0.25, 0.3) is 0 Å². The quantitative estimate of drug-likeness (QED) is 0.505. The van der Waals surface area contributed by atoms with Crippen LogP contribution in [0, 0.1) is 0 Å². The molecule has 2 nitrogen and oxygen atoms in total. The standard InChI is InChI=1S/C14H19BrN2/c15-13-9-7-12(8-10-13)14(17-16)11-5-3-1-2-4-6-11/h5,7-10,14,17H,1-4,6,16H2. The lowest BCUT2D eigenvalue weighted by Crippen LogP contribution is -2.29. The Balaban J connectivity index is 2.20. The van der Waals surface area contributed by atoms with Crippen LogP contribution in [0.3, 0.4) is 0 Å². The summed E-state index contributed by atoms with van der Waals surface area (Å²) in [6.07, 6.45) is 8.62. The number of hydrogen-bond acceptors (Lipinski definition) is 2. The highest BCUT2D eigenvalue weighted by molar-refractivity contribution is 9.10. The summed E-state index contributed by atoms with van der Waals surface area (Å²) in [5.74, 6) is 5.72. The van der Waals surface area contributed by atoms with E-state index < -0.39 is 0 Å². The minimum Gasteiger partial charge on any atom is -0.271 e. The van der Waals surface area contributed by atoms with Gasteiger partial charge in [0.15, 0.2) is 0 Å². The number of nitrogens with two attached hydrogens (primary N) is 1. The zero-order valence-corrected chi connectivity index (χ0v) is 11.5. The van der Waals surface area contributed by atoms with Gasteiger partial charge in [-0.2, -0.15) is 0 Å². The van der Waals surface area contributed by atoms with Crippen molar-refractivity contribution in [3.8, 4) is 0 Å². The summed E-state index contributed by atoms with van der Waals surface area (Å²) < 4.78 is 1.10. The summed E-state index contributed by atoms with van der Waals surface area (Å²) in [4.78, 5) is 0. The molecule has 1 aromatic rings. The molecule has 0 saturated heterocycles. The Morgan fingerprint density at radius 3 is 2.59 bits per heavy atom. The van der Waals surface area contributed by atoms with Crippen LogP contribution in [0.15, 0.2) is 40.4 Å². The highest BCUT2D eigenvalue weighted by atomic mass is 79.9. The molecule has 0 bridgehead atoms. The molecule has 0 heterocycles. The topological polar surface area (TPSA) is 38.0 Å². The second kappa shape index (κ2) is 6.34. The number of halogens is 1. The zero-order valence-electron chi connectivity index (χ0n) is 9.95. The van der Waals surface area contributed by atoms with E-state index in [1.807, 2.05) is 0 Å². The maximum Gasteiger partial charge on any atom is 0.0670 e. The molecule has 0 radical (unpaired) electrons. The first kappa shape index (κ1) is 12.8. The number of hydrazine groups is 1. The Morgan fingerprint density at radius 2 is 1.88 bits per heavy atom. The van der Waals surface area contributed by atoms with Crippen LogP contribution in [-0.4, -0.2) is 0 Å². The number of nitrogens with one attached hydrogen (secondary N) is 1. The second-order valence-electron chi connectivity index (χ2n) is 4.53. The molecule has 1 aromatic carbocycles. The second-order valence-corrected chi connectivity index (χ2v) is 5.45. The van der Waals surface area contributed by atoms with Gasteiger partial charge in [0.2, 0.25) is 0 Å². The molecule has 1 aliphatic rings. The van der Waals surface area contributed by atoms with E-state index in [1.165, 1.54) is 36.8 Å². The molecule has 0 saturated carbocycles. The minimum atomic E-state index is 0.168. The number of benzene rings is 1. The predicted molar refractivity (Wildman–Crippen MR) is 75.4 cm³/mol. The van der Waals surface area contributed by atoms with Crippen LogP contribution >= 0.6 is 15.9 Å². The first-order chi connectivity index (χ1) is 8.31. The fraction of sp³-hybridized carbons (Fsp3) is 0.429.